The van der Waals surface area contributed by atoms with Crippen molar-refractivity contribution in [1.82, 2.24) is 14.8 Å². The number of fused-ring (bicyclic) bond motifs is 1. The second kappa shape index (κ2) is 10.3. The highest BCUT2D eigenvalue weighted by Gasteiger charge is 2.34. The van der Waals surface area contributed by atoms with Crippen LogP contribution in [0.2, 0.25) is 0 Å². The van der Waals surface area contributed by atoms with Gasteiger partial charge in [0.15, 0.2) is 5.75 Å². The SMILES string of the molecule is C=C(/C=C\C(F)=C/C)CN1Cc2c(OC(=O)N(C)C)ccccnc(F)c(O)c2C1=O. The molecule has 2 rings (SSSR count). The van der Waals surface area contributed by atoms with Crippen molar-refractivity contribution in [2.45, 2.75) is 13.5 Å². The molecule has 0 aliphatic carbocycles. The Balaban J connectivity index is 2.55. The average molecular weight is 431 g/mol. The van der Waals surface area contributed by atoms with Crippen LogP contribution >= 0.6 is 0 Å². The Kier molecular flexibility index (Phi) is 7.84. The van der Waals surface area contributed by atoms with Crippen molar-refractivity contribution >= 4 is 12.0 Å². The van der Waals surface area contributed by atoms with Gasteiger partial charge in [0.25, 0.3) is 11.9 Å². The molecule has 1 aromatic rings. The highest BCUT2D eigenvalue weighted by atomic mass is 19.1. The zero-order valence-electron chi connectivity index (χ0n) is 17.4. The Morgan fingerprint density at radius 3 is 2.74 bits per heavy atom. The molecule has 2 amide bonds. The summed E-state index contributed by atoms with van der Waals surface area (Å²) in [5, 5.41) is 10.4. The largest absolute Gasteiger partial charge is 0.503 e. The van der Waals surface area contributed by atoms with Gasteiger partial charge < -0.3 is 19.6 Å². The lowest BCUT2D eigenvalue weighted by Gasteiger charge is -2.16. The first-order valence-corrected chi connectivity index (χ1v) is 9.25. The second-order valence-corrected chi connectivity index (χ2v) is 6.78. The van der Waals surface area contributed by atoms with Gasteiger partial charge in [0.2, 0.25) is 0 Å². The van der Waals surface area contributed by atoms with E-state index in [9.17, 15) is 23.5 Å². The maximum absolute atomic E-state index is 14.3. The van der Waals surface area contributed by atoms with Gasteiger partial charge in [-0.1, -0.05) is 24.8 Å². The predicted molar refractivity (Wildman–Crippen MR) is 111 cm³/mol. The van der Waals surface area contributed by atoms with Crippen molar-refractivity contribution in [1.29, 1.82) is 0 Å². The highest BCUT2D eigenvalue weighted by Crippen LogP contribution is 2.35. The van der Waals surface area contributed by atoms with E-state index in [1.165, 1.54) is 67.2 Å². The monoisotopic (exact) mass is 431 g/mol. The van der Waals surface area contributed by atoms with Crippen molar-refractivity contribution in [2.24, 2.45) is 0 Å². The van der Waals surface area contributed by atoms with Gasteiger partial charge in [0, 0.05) is 32.4 Å². The van der Waals surface area contributed by atoms with Gasteiger partial charge >= 0.3 is 6.09 Å². The molecule has 0 unspecified atom stereocenters. The van der Waals surface area contributed by atoms with E-state index < -0.39 is 29.5 Å². The van der Waals surface area contributed by atoms with Gasteiger partial charge in [-0.15, -0.1) is 0 Å². The summed E-state index contributed by atoms with van der Waals surface area (Å²) in [7, 11) is 2.95. The molecule has 9 heteroatoms. The summed E-state index contributed by atoms with van der Waals surface area (Å²) in [6.45, 7) is 5.19. The maximum atomic E-state index is 14.3. The molecule has 1 aliphatic rings. The van der Waals surface area contributed by atoms with E-state index in [2.05, 4.69) is 11.6 Å². The van der Waals surface area contributed by atoms with Crippen molar-refractivity contribution < 1.29 is 28.2 Å². The summed E-state index contributed by atoms with van der Waals surface area (Å²) >= 11 is 0. The molecule has 1 N–H and O–H groups in total. The van der Waals surface area contributed by atoms with Crippen molar-refractivity contribution in [3.63, 3.8) is 0 Å². The molecule has 0 spiro atoms. The number of aromatic hydroxyl groups is 1. The van der Waals surface area contributed by atoms with Gasteiger partial charge in [0.05, 0.1) is 12.1 Å². The smallest absolute Gasteiger partial charge is 0.414 e. The van der Waals surface area contributed by atoms with E-state index in [0.717, 1.165) is 6.20 Å². The first-order valence-electron chi connectivity index (χ1n) is 9.25. The molecule has 0 fully saturated rings. The Hall–Kier alpha value is -3.75. The molecule has 0 bridgehead atoms. The Morgan fingerprint density at radius 1 is 1.39 bits per heavy atom. The third kappa shape index (κ3) is 5.88. The zero-order valence-corrected chi connectivity index (χ0v) is 17.4. The molecule has 0 atom stereocenters. The standard InChI is InChI=1S/C22H23F2N3O4/c1-5-15(23)10-9-14(2)12-27-13-16-17(31-22(30)26(3)4)8-6-7-11-25-20(24)19(28)18(16)21(27)29/h5-11,28H,2,12-13H2,1,3-4H3/b7-6?,8-6?,10-9-,11-7?,15-5+,17-8?,17-16?,19-18?,20-19?,25-11?,25-20?. The minimum absolute atomic E-state index is 0.0256. The van der Waals surface area contributed by atoms with Gasteiger partial charge in [-0.2, -0.15) is 4.39 Å². The number of allylic oxidation sites excluding steroid dienone is 3. The number of halogens is 2. The van der Waals surface area contributed by atoms with Crippen LogP contribution in [0.5, 0.6) is 11.5 Å². The lowest BCUT2D eigenvalue weighted by Crippen LogP contribution is -2.26. The number of hydrogen-bond donors (Lipinski definition) is 1. The van der Waals surface area contributed by atoms with Crippen LogP contribution in [-0.4, -0.2) is 52.5 Å². The van der Waals surface area contributed by atoms with E-state index in [1.54, 1.807) is 0 Å². The van der Waals surface area contributed by atoms with Crippen LogP contribution < -0.4 is 4.74 Å². The molecular formula is C22H23F2N3O4. The van der Waals surface area contributed by atoms with Crippen LogP contribution in [0.1, 0.15) is 22.8 Å². The van der Waals surface area contributed by atoms with E-state index >= 15 is 0 Å². The number of amides is 2. The molecule has 31 heavy (non-hydrogen) atoms. The number of aromatic nitrogens is 1. The molecule has 0 radical (unpaired) electrons. The van der Waals surface area contributed by atoms with Gasteiger partial charge in [0.1, 0.15) is 11.6 Å². The predicted octanol–water partition coefficient (Wildman–Crippen LogP) is 4.05. The van der Waals surface area contributed by atoms with Gasteiger partial charge in [-0.05, 0) is 30.7 Å². The minimum Gasteiger partial charge on any atom is -0.503 e. The maximum Gasteiger partial charge on any atom is 0.414 e. The Bertz CT molecular complexity index is 1020. The first kappa shape index (κ1) is 23.5. The summed E-state index contributed by atoms with van der Waals surface area (Å²) in [5.41, 5.74) is 0.123. The zero-order chi connectivity index (χ0) is 23.1. The number of ether oxygens (including phenoxy) is 1. The fourth-order valence-corrected chi connectivity index (χ4v) is 2.64. The highest BCUT2D eigenvalue weighted by molar-refractivity contribution is 6.01. The molecule has 7 nitrogen and oxygen atoms in total. The molecule has 164 valence electrons. The van der Waals surface area contributed by atoms with Crippen molar-refractivity contribution in [3.05, 3.63) is 77.7 Å². The van der Waals surface area contributed by atoms with Crippen molar-refractivity contribution in [3.8, 4) is 11.5 Å². The molecule has 1 aromatic heterocycles. The first-order chi connectivity index (χ1) is 14.6. The van der Waals surface area contributed by atoms with Crippen LogP contribution in [0.3, 0.4) is 0 Å². The van der Waals surface area contributed by atoms with Crippen LogP contribution in [0.25, 0.3) is 0 Å². The fraction of sp³-hybridized carbons (Fsp3) is 0.227. The van der Waals surface area contributed by atoms with E-state index in [0.29, 0.717) is 5.57 Å². The van der Waals surface area contributed by atoms with Crippen LogP contribution in [0, 0.1) is 5.95 Å². The van der Waals surface area contributed by atoms with Crippen LogP contribution in [-0.2, 0) is 6.54 Å². The summed E-state index contributed by atoms with van der Waals surface area (Å²) in [6.07, 6.45) is 4.22. The van der Waals surface area contributed by atoms with Crippen LogP contribution in [0.15, 0.2) is 60.6 Å². The number of rotatable bonds is 5. The summed E-state index contributed by atoms with van der Waals surface area (Å²) < 4.78 is 32.9. The number of carbonyl (C=O) groups is 2. The van der Waals surface area contributed by atoms with Crippen molar-refractivity contribution in [2.75, 3.05) is 20.6 Å². The quantitative estimate of drug-likeness (QED) is 0.711. The third-order valence-electron chi connectivity index (χ3n) is 4.22. The van der Waals surface area contributed by atoms with E-state index in [-0.39, 0.29) is 30.0 Å². The molecule has 0 aromatic carbocycles. The molecule has 0 saturated carbocycles. The summed E-state index contributed by atoms with van der Waals surface area (Å²) in [4.78, 5) is 30.9. The number of hydrogen-bond acceptors (Lipinski definition) is 5. The lowest BCUT2D eigenvalue weighted by molar-refractivity contribution is 0.0790. The second-order valence-electron chi connectivity index (χ2n) is 6.78. The van der Waals surface area contributed by atoms with Crippen LogP contribution in [0.4, 0.5) is 13.6 Å². The normalized spacial score (nSPS) is 13.1. The topological polar surface area (TPSA) is 83.0 Å². The lowest BCUT2D eigenvalue weighted by atomic mass is 10.1. The number of carbonyl (C=O) groups excluding carboxylic acids is 2. The van der Waals surface area contributed by atoms with Gasteiger partial charge in [-0.25, -0.2) is 14.2 Å². The molecular weight excluding hydrogens is 408 g/mol. The Labute approximate surface area is 178 Å². The number of nitrogens with zero attached hydrogens (tertiary/aromatic N) is 3. The Morgan fingerprint density at radius 2 is 2.10 bits per heavy atom. The average Bonchev–Trinajstić information content (AvgIpc) is 3.05. The summed E-state index contributed by atoms with van der Waals surface area (Å²) in [5.74, 6) is -3.45. The molecule has 0 saturated heterocycles. The van der Waals surface area contributed by atoms with Gasteiger partial charge in [-0.3, -0.25) is 4.79 Å². The fourth-order valence-electron chi connectivity index (χ4n) is 2.64. The third-order valence-corrected chi connectivity index (χ3v) is 4.22. The summed E-state index contributed by atoms with van der Waals surface area (Å²) in [6, 6.07) is 4.24. The van der Waals surface area contributed by atoms with E-state index in [4.69, 9.17) is 4.74 Å². The molecule has 1 aliphatic heterocycles. The van der Waals surface area contributed by atoms with E-state index in [1.807, 2.05) is 0 Å². The minimum atomic E-state index is -1.26. The molecule has 2 heterocycles.